The lowest BCUT2D eigenvalue weighted by molar-refractivity contribution is -0.163. The van der Waals surface area contributed by atoms with E-state index < -0.39 is 30.4 Å². The van der Waals surface area contributed by atoms with Crippen LogP contribution in [0.3, 0.4) is 0 Å². The number of amides is 3. The molecule has 0 radical (unpaired) electrons. The average Bonchev–Trinajstić information content (AvgIpc) is 2.76. The molecule has 10 nitrogen and oxygen atoms in total. The number of nitrogens with two attached hydrogens (primary N) is 1. The Morgan fingerprint density at radius 1 is 1.06 bits per heavy atom. The molecule has 0 saturated carbocycles. The molecule has 0 aromatic heterocycles. The van der Waals surface area contributed by atoms with Crippen molar-refractivity contribution in [3.63, 3.8) is 0 Å². The molecule has 2 atom stereocenters. The topological polar surface area (TPSA) is 143 Å². The first-order valence-electron chi connectivity index (χ1n) is 10.9. The quantitative estimate of drug-likeness (QED) is 0.292. The monoisotopic (exact) mass is 486 g/mol. The van der Waals surface area contributed by atoms with Gasteiger partial charge in [0.15, 0.2) is 6.29 Å². The van der Waals surface area contributed by atoms with Gasteiger partial charge in [-0.15, -0.1) is 0 Å². The summed E-state index contributed by atoms with van der Waals surface area (Å²) in [7, 11) is 0. The largest absolute Gasteiger partial charge is 0.465 e. The predicted octanol–water partition coefficient (Wildman–Crippen LogP) is 1.60. The van der Waals surface area contributed by atoms with Gasteiger partial charge in [-0.3, -0.25) is 9.59 Å². The molecule has 0 aliphatic carbocycles. The third-order valence-corrected chi connectivity index (χ3v) is 5.03. The Labute approximate surface area is 199 Å². The van der Waals surface area contributed by atoms with Crippen molar-refractivity contribution in [3.8, 4) is 0 Å². The van der Waals surface area contributed by atoms with Crippen LogP contribution in [0.4, 0.5) is 4.79 Å². The average molecular weight is 487 g/mol. The zero-order valence-electron chi connectivity index (χ0n) is 19.5. The lowest BCUT2D eigenvalue weighted by Gasteiger charge is -2.34. The van der Waals surface area contributed by atoms with Crippen LogP contribution in [0, 0.1) is 0 Å². The summed E-state index contributed by atoms with van der Waals surface area (Å²) in [5.41, 5.74) is 6.32. The lowest BCUT2D eigenvalue weighted by Crippen LogP contribution is -2.58. The van der Waals surface area contributed by atoms with Crippen LogP contribution < -0.4 is 16.4 Å². The number of carboxylic acid groups (broad SMARTS) is 1. The number of ether oxygens (including phenoxy) is 2. The minimum atomic E-state index is -1.39. The number of rotatable bonds is 14. The molecule has 0 fully saturated rings. The summed E-state index contributed by atoms with van der Waals surface area (Å²) in [5.74, 6) is -1.05. The summed E-state index contributed by atoms with van der Waals surface area (Å²) in [4.78, 5) is 38.9. The van der Waals surface area contributed by atoms with E-state index in [4.69, 9.17) is 31.9 Å². The number of carbonyl (C=O) groups excluding carboxylic acids is 2. The van der Waals surface area contributed by atoms with Crippen molar-refractivity contribution in [1.29, 1.82) is 0 Å². The van der Waals surface area contributed by atoms with Crippen molar-refractivity contribution in [2.75, 3.05) is 26.3 Å². The van der Waals surface area contributed by atoms with E-state index in [9.17, 15) is 14.4 Å². The van der Waals surface area contributed by atoms with Crippen molar-refractivity contribution in [2.45, 2.75) is 58.5 Å². The molecule has 186 valence electrons. The Bertz CT molecular complexity index is 756. The van der Waals surface area contributed by atoms with Crippen LogP contribution in [0.2, 0.25) is 5.02 Å². The Morgan fingerprint density at radius 2 is 1.64 bits per heavy atom. The van der Waals surface area contributed by atoms with E-state index >= 15 is 0 Å². The third-order valence-electron chi connectivity index (χ3n) is 4.77. The van der Waals surface area contributed by atoms with Gasteiger partial charge < -0.3 is 35.8 Å². The molecular formula is C22H35ClN4O6. The Kier molecular flexibility index (Phi) is 12.7. The lowest BCUT2D eigenvalue weighted by atomic mass is 10.0. The summed E-state index contributed by atoms with van der Waals surface area (Å²) in [6.45, 7) is 8.09. The van der Waals surface area contributed by atoms with Gasteiger partial charge in [0, 0.05) is 37.2 Å². The number of nitrogens with zero attached hydrogens (tertiary/aromatic N) is 1. The van der Waals surface area contributed by atoms with Gasteiger partial charge in [-0.2, -0.15) is 0 Å². The summed E-state index contributed by atoms with van der Waals surface area (Å²) >= 11 is 5.96. The Hall–Kier alpha value is -2.40. The van der Waals surface area contributed by atoms with Crippen LogP contribution in [0.15, 0.2) is 24.3 Å². The Balaban J connectivity index is 3.18. The fraction of sp³-hybridized carbons (Fsp3) is 0.591. The third kappa shape index (κ3) is 9.95. The van der Waals surface area contributed by atoms with Gasteiger partial charge >= 0.3 is 6.09 Å². The molecule has 1 aromatic carbocycles. The first kappa shape index (κ1) is 28.6. The second-order valence-corrected chi connectivity index (χ2v) is 7.99. The zero-order valence-corrected chi connectivity index (χ0v) is 20.3. The smallest absolute Gasteiger partial charge is 0.405 e. The molecule has 0 heterocycles. The maximum absolute atomic E-state index is 13.6. The fourth-order valence-corrected chi connectivity index (χ4v) is 3.28. The van der Waals surface area contributed by atoms with E-state index in [0.29, 0.717) is 18.2 Å². The van der Waals surface area contributed by atoms with Crippen molar-refractivity contribution in [1.82, 2.24) is 15.5 Å². The molecular weight excluding hydrogens is 452 g/mol. The molecule has 2 unspecified atom stereocenters. The van der Waals surface area contributed by atoms with Crippen LogP contribution >= 0.6 is 11.6 Å². The van der Waals surface area contributed by atoms with Gasteiger partial charge in [-0.05, 0) is 45.4 Å². The summed E-state index contributed by atoms with van der Waals surface area (Å²) in [5, 5.41) is 14.2. The van der Waals surface area contributed by atoms with Crippen LogP contribution in [0.1, 0.15) is 33.3 Å². The predicted molar refractivity (Wildman–Crippen MR) is 125 cm³/mol. The standard InChI is InChI=1S/C22H35ClN4O6/c1-5-32-19(33-6-2)13-27(14(3)4)21(29)17(11-15-7-9-16(23)10-8-15)25-20(28)18(12-24)26-22(30)31/h7-10,14,17-19,26H,5-6,11-13,24H2,1-4H3,(H,25,28)(H,30,31). The van der Waals surface area contributed by atoms with E-state index in [2.05, 4.69) is 10.6 Å². The SMILES string of the molecule is CCOC(CN(C(=O)C(Cc1ccc(Cl)cc1)NC(=O)C(CN)NC(=O)O)C(C)C)OCC. The number of halogens is 1. The number of hydrogen-bond donors (Lipinski definition) is 4. The highest BCUT2D eigenvalue weighted by atomic mass is 35.5. The van der Waals surface area contributed by atoms with E-state index in [0.717, 1.165) is 5.56 Å². The summed E-state index contributed by atoms with van der Waals surface area (Å²) in [6, 6.07) is 4.50. The van der Waals surface area contributed by atoms with Crippen LogP contribution in [0.5, 0.6) is 0 Å². The first-order valence-corrected chi connectivity index (χ1v) is 11.3. The second kappa shape index (κ2) is 14.7. The molecule has 0 bridgehead atoms. The van der Waals surface area contributed by atoms with E-state index in [1.807, 2.05) is 27.7 Å². The summed E-state index contributed by atoms with van der Waals surface area (Å²) in [6.07, 6.45) is -1.84. The number of benzene rings is 1. The van der Waals surface area contributed by atoms with Crippen molar-refractivity contribution < 1.29 is 29.0 Å². The van der Waals surface area contributed by atoms with Gasteiger partial charge in [0.05, 0.1) is 6.54 Å². The number of carbonyl (C=O) groups is 3. The number of nitrogens with one attached hydrogen (secondary N) is 2. The van der Waals surface area contributed by atoms with Gasteiger partial charge in [0.1, 0.15) is 12.1 Å². The van der Waals surface area contributed by atoms with E-state index in [1.54, 1.807) is 29.2 Å². The molecule has 33 heavy (non-hydrogen) atoms. The summed E-state index contributed by atoms with van der Waals surface area (Å²) < 4.78 is 11.2. The van der Waals surface area contributed by atoms with Crippen LogP contribution in [0.25, 0.3) is 0 Å². The highest BCUT2D eigenvalue weighted by Gasteiger charge is 2.32. The molecule has 5 N–H and O–H groups in total. The zero-order chi connectivity index (χ0) is 25.0. The van der Waals surface area contributed by atoms with Gasteiger partial charge in [0.25, 0.3) is 0 Å². The van der Waals surface area contributed by atoms with Gasteiger partial charge in [-0.1, -0.05) is 23.7 Å². The fourth-order valence-electron chi connectivity index (χ4n) is 3.15. The molecule has 1 aromatic rings. The second-order valence-electron chi connectivity index (χ2n) is 7.55. The minimum absolute atomic E-state index is 0.166. The number of hydrogen-bond acceptors (Lipinski definition) is 6. The molecule has 0 spiro atoms. The van der Waals surface area contributed by atoms with Crippen LogP contribution in [-0.4, -0.2) is 78.6 Å². The highest BCUT2D eigenvalue weighted by Crippen LogP contribution is 2.14. The maximum atomic E-state index is 13.6. The first-order chi connectivity index (χ1) is 15.6. The molecule has 1 rings (SSSR count). The Morgan fingerprint density at radius 3 is 2.09 bits per heavy atom. The molecule has 0 saturated heterocycles. The molecule has 0 aliphatic heterocycles. The molecule has 3 amide bonds. The molecule has 11 heteroatoms. The minimum Gasteiger partial charge on any atom is -0.465 e. The van der Waals surface area contributed by atoms with Crippen molar-refractivity contribution in [3.05, 3.63) is 34.9 Å². The van der Waals surface area contributed by atoms with Gasteiger partial charge in [0.2, 0.25) is 11.8 Å². The normalized spacial score (nSPS) is 13.0. The maximum Gasteiger partial charge on any atom is 0.405 e. The van der Waals surface area contributed by atoms with Crippen molar-refractivity contribution in [2.24, 2.45) is 5.73 Å². The highest BCUT2D eigenvalue weighted by molar-refractivity contribution is 6.30. The van der Waals surface area contributed by atoms with E-state index in [1.165, 1.54) is 0 Å². The van der Waals surface area contributed by atoms with Gasteiger partial charge in [-0.25, -0.2) is 4.79 Å². The van der Waals surface area contributed by atoms with Crippen molar-refractivity contribution >= 4 is 29.5 Å². The molecule has 0 aliphatic rings. The van der Waals surface area contributed by atoms with E-state index in [-0.39, 0.29) is 31.5 Å². The van der Waals surface area contributed by atoms with Crippen LogP contribution in [-0.2, 0) is 25.5 Å².